The standard InChI is InChI=1S/C28H31N7O6.C2H4O2/c1-16-11-20-21(12-17(16)2)31-26(30-20)33-23(36)9-10-29-24-18(3)13-35(27(39)34-24)14-22(25(37)38)32-28(40)41-15-19-7-5-4-6-8-19;1-2(3)4/h4-8,11-13,22H,9-10,14-15H2,1-3H3,(H,32,40)(H,37,38)(H,29,34,39)(H2,30,31,33,36);1H3,(H,3,4)/t22-;/m0./s1. The first kappa shape index (κ1) is 33.8. The minimum absolute atomic E-state index is 0.0321. The van der Waals surface area contributed by atoms with Crippen LogP contribution in [0, 0.1) is 20.8 Å². The molecule has 0 aliphatic heterocycles. The van der Waals surface area contributed by atoms with Crippen molar-refractivity contribution >= 4 is 46.7 Å². The second kappa shape index (κ2) is 15.7. The summed E-state index contributed by atoms with van der Waals surface area (Å²) in [6, 6.07) is 11.4. The molecule has 0 radical (unpaired) electrons. The van der Waals surface area contributed by atoms with Gasteiger partial charge in [0.2, 0.25) is 11.9 Å². The lowest BCUT2D eigenvalue weighted by Gasteiger charge is -2.17. The Labute approximate surface area is 257 Å². The quantitative estimate of drug-likeness (QED) is 0.143. The summed E-state index contributed by atoms with van der Waals surface area (Å²) in [4.78, 5) is 69.3. The fourth-order valence-electron chi connectivity index (χ4n) is 4.01. The van der Waals surface area contributed by atoms with Crippen molar-refractivity contribution in [1.82, 2.24) is 24.8 Å². The smallest absolute Gasteiger partial charge is 0.408 e. The van der Waals surface area contributed by atoms with Crippen molar-refractivity contribution in [2.75, 3.05) is 17.2 Å². The molecule has 0 unspecified atom stereocenters. The SMILES string of the molecule is CC(=O)O.Cc1cc2nc(NC(=O)CCNc3nc(=O)n(C[C@H](NC(=O)OCc4ccccc4)C(=O)O)cc3C)[nH]c2cc1C. The molecule has 15 heteroatoms. The molecule has 2 aromatic heterocycles. The van der Waals surface area contributed by atoms with E-state index in [-0.39, 0.29) is 37.8 Å². The third-order valence-electron chi connectivity index (χ3n) is 6.36. The highest BCUT2D eigenvalue weighted by Crippen LogP contribution is 2.19. The molecule has 0 spiro atoms. The van der Waals surface area contributed by atoms with Crippen LogP contribution in [-0.2, 0) is 32.3 Å². The molecule has 45 heavy (non-hydrogen) atoms. The van der Waals surface area contributed by atoms with Gasteiger partial charge in [-0.1, -0.05) is 30.3 Å². The number of rotatable bonds is 11. The van der Waals surface area contributed by atoms with Crippen molar-refractivity contribution in [2.45, 2.75) is 53.3 Å². The van der Waals surface area contributed by atoms with Gasteiger partial charge in [0.15, 0.2) is 0 Å². The molecule has 0 saturated carbocycles. The van der Waals surface area contributed by atoms with Crippen molar-refractivity contribution < 1.29 is 34.1 Å². The number of imidazole rings is 1. The number of hydrogen-bond donors (Lipinski definition) is 6. The van der Waals surface area contributed by atoms with Crippen molar-refractivity contribution in [3.05, 3.63) is 81.4 Å². The van der Waals surface area contributed by atoms with Gasteiger partial charge in [0.25, 0.3) is 5.97 Å². The number of anilines is 2. The van der Waals surface area contributed by atoms with E-state index in [0.717, 1.165) is 39.2 Å². The Kier molecular flexibility index (Phi) is 11.7. The molecule has 2 amide bonds. The van der Waals surface area contributed by atoms with Gasteiger partial charge in [-0.2, -0.15) is 4.98 Å². The largest absolute Gasteiger partial charge is 0.481 e. The lowest BCUT2D eigenvalue weighted by atomic mass is 10.1. The van der Waals surface area contributed by atoms with Gasteiger partial charge in [0.1, 0.15) is 18.5 Å². The number of carboxylic acid groups (broad SMARTS) is 2. The maximum atomic E-state index is 12.6. The molecule has 0 aliphatic carbocycles. The number of aromatic amines is 1. The van der Waals surface area contributed by atoms with E-state index in [1.54, 1.807) is 31.2 Å². The maximum absolute atomic E-state index is 12.6. The van der Waals surface area contributed by atoms with Crippen LogP contribution in [0.25, 0.3) is 11.0 Å². The number of H-pyrrole nitrogens is 1. The van der Waals surface area contributed by atoms with Gasteiger partial charge in [-0.05, 0) is 49.6 Å². The minimum atomic E-state index is -1.43. The Morgan fingerprint density at radius 3 is 2.33 bits per heavy atom. The summed E-state index contributed by atoms with van der Waals surface area (Å²) >= 11 is 0. The Balaban J connectivity index is 0.00000130. The molecule has 0 aliphatic rings. The van der Waals surface area contributed by atoms with Gasteiger partial charge in [-0.15, -0.1) is 0 Å². The number of benzene rings is 2. The van der Waals surface area contributed by atoms with E-state index in [2.05, 4.69) is 30.9 Å². The van der Waals surface area contributed by atoms with E-state index in [1.165, 1.54) is 6.20 Å². The van der Waals surface area contributed by atoms with E-state index >= 15 is 0 Å². The molecule has 238 valence electrons. The predicted molar refractivity (Wildman–Crippen MR) is 165 cm³/mol. The first-order valence-electron chi connectivity index (χ1n) is 13.8. The number of carbonyl (C=O) groups is 4. The Hall–Kier alpha value is -5.73. The number of aromatic nitrogens is 4. The van der Waals surface area contributed by atoms with Crippen LogP contribution in [0.1, 0.15) is 35.6 Å². The zero-order chi connectivity index (χ0) is 33.1. The van der Waals surface area contributed by atoms with Gasteiger partial charge in [-0.25, -0.2) is 19.4 Å². The average Bonchev–Trinajstić information content (AvgIpc) is 3.34. The molecule has 1 atom stereocenters. The Morgan fingerprint density at radius 2 is 1.67 bits per heavy atom. The number of hydrogen-bond acceptors (Lipinski definition) is 9. The molecule has 4 aromatic rings. The maximum Gasteiger partial charge on any atom is 0.408 e. The number of carboxylic acids is 2. The van der Waals surface area contributed by atoms with E-state index in [4.69, 9.17) is 14.6 Å². The van der Waals surface area contributed by atoms with Gasteiger partial charge in [0, 0.05) is 31.6 Å². The first-order valence-corrected chi connectivity index (χ1v) is 13.8. The summed E-state index contributed by atoms with van der Waals surface area (Å²) in [5.41, 5.74) is 4.37. The molecular formula is C30H35N7O8. The monoisotopic (exact) mass is 621 g/mol. The number of fused-ring (bicyclic) bond motifs is 1. The molecule has 2 aromatic carbocycles. The van der Waals surface area contributed by atoms with E-state index < -0.39 is 29.8 Å². The number of nitrogens with one attached hydrogen (secondary N) is 4. The summed E-state index contributed by atoms with van der Waals surface area (Å²) in [6.45, 7) is 6.55. The van der Waals surface area contributed by atoms with E-state index in [1.807, 2.05) is 32.0 Å². The number of ether oxygens (including phenoxy) is 1. The van der Waals surface area contributed by atoms with E-state index in [0.29, 0.717) is 11.5 Å². The summed E-state index contributed by atoms with van der Waals surface area (Å²) in [7, 11) is 0. The highest BCUT2D eigenvalue weighted by atomic mass is 16.5. The fraction of sp³-hybridized carbons (Fsp3) is 0.300. The van der Waals surface area contributed by atoms with Gasteiger partial charge < -0.3 is 30.6 Å². The molecule has 0 bridgehead atoms. The predicted octanol–water partition coefficient (Wildman–Crippen LogP) is 2.96. The summed E-state index contributed by atoms with van der Waals surface area (Å²) in [5.74, 6) is -1.85. The van der Waals surface area contributed by atoms with Crippen molar-refractivity contribution in [1.29, 1.82) is 0 Å². The van der Waals surface area contributed by atoms with Crippen LogP contribution in [0.3, 0.4) is 0 Å². The molecule has 2 heterocycles. The van der Waals surface area contributed by atoms with Gasteiger partial charge >= 0.3 is 17.8 Å². The Bertz CT molecular complexity index is 1690. The van der Waals surface area contributed by atoms with Crippen LogP contribution in [0.2, 0.25) is 0 Å². The van der Waals surface area contributed by atoms with Crippen LogP contribution < -0.4 is 21.6 Å². The van der Waals surface area contributed by atoms with Crippen molar-refractivity contribution in [3.63, 3.8) is 0 Å². The topological polar surface area (TPSA) is 218 Å². The zero-order valence-corrected chi connectivity index (χ0v) is 25.2. The number of amides is 2. The van der Waals surface area contributed by atoms with Crippen LogP contribution >= 0.6 is 0 Å². The summed E-state index contributed by atoms with van der Waals surface area (Å²) in [6.07, 6.45) is 0.585. The normalized spacial score (nSPS) is 11.1. The molecular weight excluding hydrogens is 586 g/mol. The second-order valence-corrected chi connectivity index (χ2v) is 10.1. The summed E-state index contributed by atoms with van der Waals surface area (Å²) in [5, 5.41) is 24.9. The average molecular weight is 622 g/mol. The van der Waals surface area contributed by atoms with Crippen LogP contribution in [0.15, 0.2) is 53.5 Å². The highest BCUT2D eigenvalue weighted by Gasteiger charge is 2.22. The van der Waals surface area contributed by atoms with Gasteiger partial charge in [0.05, 0.1) is 17.6 Å². The number of carbonyl (C=O) groups excluding carboxylic acids is 2. The molecule has 0 fully saturated rings. The molecule has 6 N–H and O–H groups in total. The van der Waals surface area contributed by atoms with Crippen molar-refractivity contribution in [3.8, 4) is 0 Å². The lowest BCUT2D eigenvalue weighted by Crippen LogP contribution is -2.45. The third kappa shape index (κ3) is 10.5. The lowest BCUT2D eigenvalue weighted by molar-refractivity contribution is -0.139. The van der Waals surface area contributed by atoms with Crippen LogP contribution in [-0.4, -0.2) is 66.3 Å². The van der Waals surface area contributed by atoms with Gasteiger partial charge in [-0.3, -0.25) is 19.5 Å². The Morgan fingerprint density at radius 1 is 1.00 bits per heavy atom. The second-order valence-electron chi connectivity index (χ2n) is 10.1. The minimum Gasteiger partial charge on any atom is -0.481 e. The number of nitrogens with zero attached hydrogens (tertiary/aromatic N) is 3. The van der Waals surface area contributed by atoms with Crippen molar-refractivity contribution in [2.24, 2.45) is 0 Å². The first-order chi connectivity index (χ1) is 21.3. The molecule has 4 rings (SSSR count). The van der Waals surface area contributed by atoms with E-state index in [9.17, 15) is 24.3 Å². The number of alkyl carbamates (subject to hydrolysis) is 1. The fourth-order valence-corrected chi connectivity index (χ4v) is 4.01. The number of aryl methyl sites for hydroxylation is 3. The zero-order valence-electron chi connectivity index (χ0n) is 25.2. The third-order valence-corrected chi connectivity index (χ3v) is 6.36. The number of aliphatic carboxylic acids is 2. The van der Waals surface area contributed by atoms with Crippen LogP contribution in [0.4, 0.5) is 16.6 Å². The molecule has 0 saturated heterocycles. The molecule has 15 nitrogen and oxygen atoms in total. The summed E-state index contributed by atoms with van der Waals surface area (Å²) < 4.78 is 6.17. The van der Waals surface area contributed by atoms with Crippen LogP contribution in [0.5, 0.6) is 0 Å². The highest BCUT2D eigenvalue weighted by molar-refractivity contribution is 5.91.